The molecule has 0 aliphatic rings. The van der Waals surface area contributed by atoms with E-state index in [0.29, 0.717) is 24.2 Å². The van der Waals surface area contributed by atoms with Gasteiger partial charge < -0.3 is 19.4 Å². The number of aliphatic hydroxyl groups excluding tert-OH is 2. The molecule has 0 spiro atoms. The third-order valence-corrected chi connectivity index (χ3v) is 3.28. The van der Waals surface area contributed by atoms with Crippen molar-refractivity contribution in [3.8, 4) is 0 Å². The molecule has 0 fully saturated rings. The van der Waals surface area contributed by atoms with Gasteiger partial charge in [-0.3, -0.25) is 0 Å². The van der Waals surface area contributed by atoms with Gasteiger partial charge in [-0.25, -0.2) is 4.79 Å². The number of aliphatic hydroxyl groups is 2. The molecule has 0 aliphatic heterocycles. The molecule has 0 atom stereocenters. The van der Waals surface area contributed by atoms with Gasteiger partial charge in [0.25, 0.3) is 0 Å². The molecular formula is C14H28NO4+. The Bertz CT molecular complexity index is 250. The molecule has 112 valence electrons. The second-order valence-corrected chi connectivity index (χ2v) is 5.02. The lowest BCUT2D eigenvalue weighted by Gasteiger charge is -2.33. The largest absolute Gasteiger partial charge is 0.463 e. The van der Waals surface area contributed by atoms with E-state index in [0.717, 1.165) is 32.2 Å². The van der Waals surface area contributed by atoms with Crippen LogP contribution in [0.1, 0.15) is 25.7 Å². The first kappa shape index (κ1) is 18.1. The quantitative estimate of drug-likeness (QED) is 0.238. The zero-order chi connectivity index (χ0) is 14.6. The van der Waals surface area contributed by atoms with Crippen molar-refractivity contribution in [2.24, 2.45) is 0 Å². The standard InChI is InChI=1S/C14H28NO4/c1-3-14(18)19-13-7-5-4-6-8-15(2,9-11-16)10-12-17/h3,16-17H,1,4-13H2,2H3/q+1. The minimum Gasteiger partial charge on any atom is -0.463 e. The van der Waals surface area contributed by atoms with Gasteiger partial charge in [-0.15, -0.1) is 0 Å². The van der Waals surface area contributed by atoms with Crippen molar-refractivity contribution < 1.29 is 24.2 Å². The molecule has 0 heterocycles. The topological polar surface area (TPSA) is 66.8 Å². The highest BCUT2D eigenvalue weighted by atomic mass is 16.5. The summed E-state index contributed by atoms with van der Waals surface area (Å²) in [6.45, 7) is 6.38. The van der Waals surface area contributed by atoms with Crippen molar-refractivity contribution in [1.82, 2.24) is 0 Å². The monoisotopic (exact) mass is 274 g/mol. The van der Waals surface area contributed by atoms with Crippen LogP contribution in [0.5, 0.6) is 0 Å². The Kier molecular flexibility index (Phi) is 10.4. The summed E-state index contributed by atoms with van der Waals surface area (Å²) in [6, 6.07) is 0. The molecule has 2 N–H and O–H groups in total. The van der Waals surface area contributed by atoms with Gasteiger partial charge in [-0.2, -0.15) is 0 Å². The Labute approximate surface area is 116 Å². The molecule has 0 bridgehead atoms. The SMILES string of the molecule is C=CC(=O)OCCCCCC[N+](C)(CCO)CCO. The number of unbranched alkanes of at least 4 members (excludes halogenated alkanes) is 3. The summed E-state index contributed by atoms with van der Waals surface area (Å²) in [6.07, 6.45) is 5.17. The van der Waals surface area contributed by atoms with Crippen LogP contribution < -0.4 is 0 Å². The van der Waals surface area contributed by atoms with E-state index in [2.05, 4.69) is 13.6 Å². The van der Waals surface area contributed by atoms with Crippen LogP contribution in [-0.2, 0) is 9.53 Å². The van der Waals surface area contributed by atoms with Crippen LogP contribution in [0.25, 0.3) is 0 Å². The van der Waals surface area contributed by atoms with Gasteiger partial charge in [0.15, 0.2) is 0 Å². The van der Waals surface area contributed by atoms with E-state index < -0.39 is 0 Å². The zero-order valence-electron chi connectivity index (χ0n) is 12.0. The molecule has 0 aromatic carbocycles. The maximum Gasteiger partial charge on any atom is 0.330 e. The van der Waals surface area contributed by atoms with Crippen LogP contribution in [-0.4, -0.2) is 67.2 Å². The van der Waals surface area contributed by atoms with Crippen LogP contribution in [0, 0.1) is 0 Å². The van der Waals surface area contributed by atoms with Gasteiger partial charge >= 0.3 is 5.97 Å². The maximum atomic E-state index is 10.8. The first-order valence-electron chi connectivity index (χ1n) is 6.92. The number of likely N-dealkylation sites (N-methyl/N-ethyl adjacent to an activating group) is 1. The molecule has 0 saturated carbocycles. The lowest BCUT2D eigenvalue weighted by Crippen LogP contribution is -2.48. The lowest BCUT2D eigenvalue weighted by atomic mass is 10.2. The Balaban J connectivity index is 3.60. The number of esters is 1. The Hall–Kier alpha value is -0.910. The maximum absolute atomic E-state index is 10.8. The van der Waals surface area contributed by atoms with Crippen molar-refractivity contribution in [3.05, 3.63) is 12.7 Å². The molecule has 5 heteroatoms. The van der Waals surface area contributed by atoms with Crippen LogP contribution in [0.15, 0.2) is 12.7 Å². The number of nitrogens with zero attached hydrogens (tertiary/aromatic N) is 1. The second kappa shape index (κ2) is 11.0. The van der Waals surface area contributed by atoms with Crippen molar-refractivity contribution in [2.75, 3.05) is 46.5 Å². The van der Waals surface area contributed by atoms with Gasteiger partial charge in [-0.1, -0.05) is 6.58 Å². The van der Waals surface area contributed by atoms with Crippen LogP contribution in [0.3, 0.4) is 0 Å². The molecule has 0 radical (unpaired) electrons. The van der Waals surface area contributed by atoms with E-state index in [4.69, 9.17) is 14.9 Å². The van der Waals surface area contributed by atoms with Gasteiger partial charge in [-0.05, 0) is 25.7 Å². The summed E-state index contributed by atoms with van der Waals surface area (Å²) >= 11 is 0. The summed E-state index contributed by atoms with van der Waals surface area (Å²) in [5.74, 6) is -0.366. The summed E-state index contributed by atoms with van der Waals surface area (Å²) in [4.78, 5) is 10.8. The fourth-order valence-electron chi connectivity index (χ4n) is 2.00. The zero-order valence-corrected chi connectivity index (χ0v) is 12.0. The van der Waals surface area contributed by atoms with E-state index in [1.54, 1.807) is 0 Å². The van der Waals surface area contributed by atoms with Crippen LogP contribution >= 0.6 is 0 Å². The molecule has 0 aliphatic carbocycles. The lowest BCUT2D eigenvalue weighted by molar-refractivity contribution is -0.910. The molecule has 19 heavy (non-hydrogen) atoms. The smallest absolute Gasteiger partial charge is 0.330 e. The minimum absolute atomic E-state index is 0.147. The highest BCUT2D eigenvalue weighted by Gasteiger charge is 2.19. The molecule has 0 unspecified atom stereocenters. The van der Waals surface area contributed by atoms with E-state index in [1.165, 1.54) is 6.08 Å². The van der Waals surface area contributed by atoms with Gasteiger partial charge in [0.05, 0.1) is 33.4 Å². The van der Waals surface area contributed by atoms with Crippen molar-refractivity contribution in [1.29, 1.82) is 0 Å². The Morgan fingerprint density at radius 1 is 1.11 bits per heavy atom. The highest BCUT2D eigenvalue weighted by Crippen LogP contribution is 2.08. The van der Waals surface area contributed by atoms with E-state index in [9.17, 15) is 4.79 Å². The Morgan fingerprint density at radius 3 is 2.21 bits per heavy atom. The number of rotatable bonds is 12. The predicted octanol–water partition coefficient (Wildman–Crippen LogP) is 0.707. The summed E-state index contributed by atoms with van der Waals surface area (Å²) < 4.78 is 5.60. The number of hydrogen-bond donors (Lipinski definition) is 2. The van der Waals surface area contributed by atoms with Gasteiger partial charge in [0.2, 0.25) is 0 Å². The molecule has 0 rings (SSSR count). The van der Waals surface area contributed by atoms with Crippen molar-refractivity contribution in [3.63, 3.8) is 0 Å². The molecule has 0 aromatic heterocycles. The second-order valence-electron chi connectivity index (χ2n) is 5.02. The van der Waals surface area contributed by atoms with E-state index in [1.807, 2.05) is 0 Å². The number of hydrogen-bond acceptors (Lipinski definition) is 4. The van der Waals surface area contributed by atoms with E-state index >= 15 is 0 Å². The van der Waals surface area contributed by atoms with Crippen molar-refractivity contribution in [2.45, 2.75) is 25.7 Å². The highest BCUT2D eigenvalue weighted by molar-refractivity contribution is 5.81. The van der Waals surface area contributed by atoms with Crippen molar-refractivity contribution >= 4 is 5.97 Å². The molecule has 0 aromatic rings. The average molecular weight is 274 g/mol. The average Bonchev–Trinajstić information content (AvgIpc) is 2.37. The fraction of sp³-hybridized carbons (Fsp3) is 0.786. The summed E-state index contributed by atoms with van der Waals surface area (Å²) in [7, 11) is 2.05. The van der Waals surface area contributed by atoms with E-state index in [-0.39, 0.29) is 19.2 Å². The number of carbonyl (C=O) groups excluding carboxylic acids is 1. The molecule has 0 saturated heterocycles. The summed E-state index contributed by atoms with van der Waals surface area (Å²) in [5.41, 5.74) is 0. The molecule has 5 nitrogen and oxygen atoms in total. The molecular weight excluding hydrogens is 246 g/mol. The van der Waals surface area contributed by atoms with Gasteiger partial charge in [0.1, 0.15) is 13.1 Å². The number of carbonyl (C=O) groups is 1. The predicted molar refractivity (Wildman–Crippen MR) is 74.6 cm³/mol. The first-order chi connectivity index (χ1) is 9.08. The third kappa shape index (κ3) is 9.64. The first-order valence-corrected chi connectivity index (χ1v) is 6.92. The normalized spacial score (nSPS) is 11.3. The minimum atomic E-state index is -0.366. The van der Waals surface area contributed by atoms with Crippen LogP contribution in [0.2, 0.25) is 0 Å². The summed E-state index contributed by atoms with van der Waals surface area (Å²) in [5, 5.41) is 18.0. The number of quaternary nitrogens is 1. The fourth-order valence-corrected chi connectivity index (χ4v) is 2.00. The third-order valence-electron chi connectivity index (χ3n) is 3.28. The van der Waals surface area contributed by atoms with Crippen LogP contribution in [0.4, 0.5) is 0 Å². The molecule has 0 amide bonds. The number of ether oxygens (including phenoxy) is 1. The Morgan fingerprint density at radius 2 is 1.68 bits per heavy atom. The van der Waals surface area contributed by atoms with Gasteiger partial charge in [0, 0.05) is 6.08 Å².